The van der Waals surface area contributed by atoms with Crippen molar-refractivity contribution in [2.45, 2.75) is 45.3 Å². The number of hydrogen-bond donors (Lipinski definition) is 2. The van der Waals surface area contributed by atoms with Gasteiger partial charge < -0.3 is 15.2 Å². The van der Waals surface area contributed by atoms with Crippen molar-refractivity contribution in [3.05, 3.63) is 34.9 Å². The molecule has 0 spiro atoms. The van der Waals surface area contributed by atoms with Crippen molar-refractivity contribution in [1.29, 1.82) is 0 Å². The van der Waals surface area contributed by atoms with Gasteiger partial charge in [-0.05, 0) is 36.0 Å². The fourth-order valence-electron chi connectivity index (χ4n) is 2.77. The van der Waals surface area contributed by atoms with E-state index in [0.29, 0.717) is 0 Å². The number of aryl methyl sites for hydroxylation is 1. The minimum Gasteiger partial charge on any atom is -0.386 e. The van der Waals surface area contributed by atoms with Crippen LogP contribution in [0, 0.1) is 5.92 Å². The van der Waals surface area contributed by atoms with Gasteiger partial charge in [-0.2, -0.15) is 0 Å². The lowest BCUT2D eigenvalue weighted by molar-refractivity contribution is -0.124. The van der Waals surface area contributed by atoms with Gasteiger partial charge in [0, 0.05) is 13.0 Å². The van der Waals surface area contributed by atoms with Crippen LogP contribution in [0.3, 0.4) is 0 Å². The van der Waals surface area contributed by atoms with Crippen LogP contribution in [0.5, 0.6) is 0 Å². The van der Waals surface area contributed by atoms with Gasteiger partial charge in [-0.25, -0.2) is 0 Å². The summed E-state index contributed by atoms with van der Waals surface area (Å²) in [7, 11) is 1.58. The maximum atomic E-state index is 12.0. The highest BCUT2D eigenvalue weighted by Crippen LogP contribution is 2.32. The van der Waals surface area contributed by atoms with Crippen molar-refractivity contribution < 1.29 is 14.6 Å². The van der Waals surface area contributed by atoms with E-state index in [-0.39, 0.29) is 24.5 Å². The van der Waals surface area contributed by atoms with Gasteiger partial charge in [0.1, 0.15) is 6.10 Å². The van der Waals surface area contributed by atoms with E-state index in [0.717, 1.165) is 30.4 Å². The molecule has 0 fully saturated rings. The molecule has 2 N–H and O–H groups in total. The highest BCUT2D eigenvalue weighted by atomic mass is 16.5. The first-order valence-electron chi connectivity index (χ1n) is 7.63. The summed E-state index contributed by atoms with van der Waals surface area (Å²) in [6.07, 6.45) is 2.44. The summed E-state index contributed by atoms with van der Waals surface area (Å²) in [5, 5.41) is 13.2. The van der Waals surface area contributed by atoms with Gasteiger partial charge in [-0.3, -0.25) is 4.79 Å². The second-order valence-corrected chi connectivity index (χ2v) is 6.04. The van der Waals surface area contributed by atoms with Crippen LogP contribution >= 0.6 is 0 Å². The molecule has 2 unspecified atom stereocenters. The minimum absolute atomic E-state index is 0.0161. The molecule has 0 aliphatic heterocycles. The van der Waals surface area contributed by atoms with Crippen LogP contribution in [0.1, 0.15) is 55.5 Å². The van der Waals surface area contributed by atoms with Gasteiger partial charge in [-0.1, -0.05) is 32.0 Å². The number of benzene rings is 1. The largest absolute Gasteiger partial charge is 0.386 e. The molecule has 1 amide bonds. The molecule has 2 rings (SSSR count). The van der Waals surface area contributed by atoms with E-state index in [4.69, 9.17) is 4.74 Å². The SMILES string of the molecule is COCC(O)c1ccc2c(c1)C(NC(=O)C(C)C)CCC2. The average molecular weight is 291 g/mol. The molecule has 0 aromatic heterocycles. The maximum absolute atomic E-state index is 12.0. The van der Waals surface area contributed by atoms with Crippen molar-refractivity contribution >= 4 is 5.91 Å². The zero-order valence-corrected chi connectivity index (χ0v) is 13.1. The standard InChI is InChI=1S/C17H25NO3/c1-11(2)17(20)18-15-6-4-5-12-7-8-13(9-14(12)15)16(19)10-21-3/h7-9,11,15-16,19H,4-6,10H2,1-3H3,(H,18,20). The molecule has 0 saturated carbocycles. The third kappa shape index (κ3) is 3.83. The van der Waals surface area contributed by atoms with E-state index < -0.39 is 6.10 Å². The summed E-state index contributed by atoms with van der Waals surface area (Å²) in [6.45, 7) is 4.08. The number of amides is 1. The summed E-state index contributed by atoms with van der Waals surface area (Å²) in [4.78, 5) is 12.0. The van der Waals surface area contributed by atoms with Gasteiger partial charge >= 0.3 is 0 Å². The number of rotatable bonds is 5. The van der Waals surface area contributed by atoms with Gasteiger partial charge in [0.2, 0.25) is 5.91 Å². The predicted octanol–water partition coefficient (Wildman–Crippen LogP) is 2.52. The number of aliphatic hydroxyl groups is 1. The number of methoxy groups -OCH3 is 1. The Hall–Kier alpha value is -1.39. The lowest BCUT2D eigenvalue weighted by Gasteiger charge is -2.28. The Balaban J connectivity index is 2.23. The van der Waals surface area contributed by atoms with Gasteiger partial charge in [0.25, 0.3) is 0 Å². The van der Waals surface area contributed by atoms with Crippen LogP contribution in [-0.2, 0) is 16.0 Å². The maximum Gasteiger partial charge on any atom is 0.223 e. The summed E-state index contributed by atoms with van der Waals surface area (Å²) in [5.41, 5.74) is 3.26. The predicted molar refractivity (Wildman–Crippen MR) is 81.9 cm³/mol. The number of nitrogens with one attached hydrogen (secondary N) is 1. The first-order valence-corrected chi connectivity index (χ1v) is 7.63. The van der Waals surface area contributed by atoms with Crippen molar-refractivity contribution in [2.75, 3.05) is 13.7 Å². The van der Waals surface area contributed by atoms with E-state index >= 15 is 0 Å². The summed E-state index contributed by atoms with van der Waals surface area (Å²) in [5.74, 6) is 0.0633. The van der Waals surface area contributed by atoms with Gasteiger partial charge in [0.05, 0.1) is 12.6 Å². The third-order valence-corrected chi connectivity index (χ3v) is 4.03. The lowest BCUT2D eigenvalue weighted by Crippen LogP contribution is -2.33. The van der Waals surface area contributed by atoms with Crippen LogP contribution in [0.25, 0.3) is 0 Å². The first kappa shape index (κ1) is 16.0. The number of hydrogen-bond acceptors (Lipinski definition) is 3. The molecule has 0 radical (unpaired) electrons. The molecule has 1 aliphatic rings. The van der Waals surface area contributed by atoms with Crippen molar-refractivity contribution in [3.63, 3.8) is 0 Å². The molecule has 1 aromatic rings. The molecular weight excluding hydrogens is 266 g/mol. The van der Waals surface area contributed by atoms with Gasteiger partial charge in [0.15, 0.2) is 0 Å². The van der Waals surface area contributed by atoms with Crippen molar-refractivity contribution in [1.82, 2.24) is 5.32 Å². The average Bonchev–Trinajstić information content (AvgIpc) is 2.47. The minimum atomic E-state index is -0.622. The highest BCUT2D eigenvalue weighted by molar-refractivity contribution is 5.78. The van der Waals surface area contributed by atoms with E-state index in [1.807, 2.05) is 26.0 Å². The molecule has 2 atom stereocenters. The third-order valence-electron chi connectivity index (χ3n) is 4.03. The zero-order valence-electron chi connectivity index (χ0n) is 13.1. The Morgan fingerprint density at radius 1 is 1.48 bits per heavy atom. The molecule has 4 nitrogen and oxygen atoms in total. The van der Waals surface area contributed by atoms with Gasteiger partial charge in [-0.15, -0.1) is 0 Å². The molecule has 1 aliphatic carbocycles. The Kier molecular flexibility index (Phi) is 5.37. The van der Waals surface area contributed by atoms with Crippen LogP contribution in [-0.4, -0.2) is 24.7 Å². The first-order chi connectivity index (χ1) is 10.0. The monoisotopic (exact) mass is 291 g/mol. The summed E-state index contributed by atoms with van der Waals surface area (Å²) >= 11 is 0. The quantitative estimate of drug-likeness (QED) is 0.876. The van der Waals surface area contributed by atoms with Crippen LogP contribution in [0.15, 0.2) is 18.2 Å². The zero-order chi connectivity index (χ0) is 15.4. The van der Waals surface area contributed by atoms with Crippen molar-refractivity contribution in [2.24, 2.45) is 5.92 Å². The fraction of sp³-hybridized carbons (Fsp3) is 0.588. The molecule has 1 aromatic carbocycles. The number of carbonyl (C=O) groups is 1. The second kappa shape index (κ2) is 7.05. The Morgan fingerprint density at radius 3 is 2.90 bits per heavy atom. The molecular formula is C17H25NO3. The molecule has 0 heterocycles. The lowest BCUT2D eigenvalue weighted by atomic mass is 9.85. The molecule has 0 saturated heterocycles. The number of ether oxygens (including phenoxy) is 1. The van der Waals surface area contributed by atoms with Crippen LogP contribution in [0.4, 0.5) is 0 Å². The molecule has 0 bridgehead atoms. The Bertz CT molecular complexity index is 499. The normalized spacial score (nSPS) is 19.2. The smallest absolute Gasteiger partial charge is 0.223 e. The number of aliphatic hydroxyl groups excluding tert-OH is 1. The second-order valence-electron chi connectivity index (χ2n) is 6.04. The molecule has 4 heteroatoms. The summed E-state index contributed by atoms with van der Waals surface area (Å²) in [6, 6.07) is 6.09. The van der Waals surface area contributed by atoms with E-state index in [2.05, 4.69) is 11.4 Å². The Morgan fingerprint density at radius 2 is 2.24 bits per heavy atom. The van der Waals surface area contributed by atoms with Crippen LogP contribution < -0.4 is 5.32 Å². The van der Waals surface area contributed by atoms with Crippen molar-refractivity contribution in [3.8, 4) is 0 Å². The van der Waals surface area contributed by atoms with E-state index in [1.165, 1.54) is 5.56 Å². The fourth-order valence-corrected chi connectivity index (χ4v) is 2.77. The number of carbonyl (C=O) groups excluding carboxylic acids is 1. The highest BCUT2D eigenvalue weighted by Gasteiger charge is 2.23. The molecule has 21 heavy (non-hydrogen) atoms. The van der Waals surface area contributed by atoms with E-state index in [1.54, 1.807) is 7.11 Å². The Labute approximate surface area is 126 Å². The topological polar surface area (TPSA) is 58.6 Å². The summed E-state index contributed by atoms with van der Waals surface area (Å²) < 4.78 is 5.01. The molecule has 116 valence electrons. The number of fused-ring (bicyclic) bond motifs is 1. The van der Waals surface area contributed by atoms with Crippen LogP contribution in [0.2, 0.25) is 0 Å². The van der Waals surface area contributed by atoms with E-state index in [9.17, 15) is 9.90 Å².